The van der Waals surface area contributed by atoms with Gasteiger partial charge in [-0.25, -0.2) is 4.79 Å². The lowest BCUT2D eigenvalue weighted by molar-refractivity contribution is 0.00217. The van der Waals surface area contributed by atoms with Crippen molar-refractivity contribution >= 4 is 16.3 Å². The molecule has 1 saturated heterocycles. The average Bonchev–Trinajstić information content (AvgIpc) is 2.74. The number of ether oxygens (including phenoxy) is 2. The van der Waals surface area contributed by atoms with E-state index < -0.39 is 0 Å². The highest BCUT2D eigenvalue weighted by atomic mass is 28.1. The number of rotatable bonds is 5. The molecule has 0 aromatic carbocycles. The van der Waals surface area contributed by atoms with Crippen molar-refractivity contribution < 1.29 is 14.3 Å². The van der Waals surface area contributed by atoms with Crippen LogP contribution < -0.4 is 0 Å². The number of carbonyl (C=O) groups excluding carboxylic acids is 1. The first kappa shape index (κ1) is 14.5. The monoisotopic (exact) mass is 256 g/mol. The fourth-order valence-electron chi connectivity index (χ4n) is 1.81. The molecule has 0 aliphatic carbocycles. The van der Waals surface area contributed by atoms with E-state index in [0.29, 0.717) is 12.8 Å². The van der Waals surface area contributed by atoms with Gasteiger partial charge in [-0.15, -0.1) is 0 Å². The lowest BCUT2D eigenvalue weighted by Gasteiger charge is -2.30. The van der Waals surface area contributed by atoms with Crippen molar-refractivity contribution in [1.29, 1.82) is 0 Å². The van der Waals surface area contributed by atoms with Crippen molar-refractivity contribution in [3.8, 4) is 0 Å². The van der Waals surface area contributed by atoms with Gasteiger partial charge in [0.25, 0.3) is 0 Å². The molecule has 1 unspecified atom stereocenters. The molecular weight excluding hydrogens is 234 g/mol. The normalized spacial score (nSPS) is 20.7. The predicted molar refractivity (Wildman–Crippen MR) is 67.2 cm³/mol. The van der Waals surface area contributed by atoms with Crippen molar-refractivity contribution in [2.75, 3.05) is 19.4 Å². The van der Waals surface area contributed by atoms with Gasteiger partial charge < -0.3 is 14.4 Å². The van der Waals surface area contributed by atoms with Gasteiger partial charge in [-0.05, 0) is 33.1 Å². The molecule has 5 heteroatoms. The second-order valence-corrected chi connectivity index (χ2v) is 5.27. The molecule has 0 aromatic heterocycles. The first-order valence-electron chi connectivity index (χ1n) is 6.22. The molecule has 1 aliphatic rings. The summed E-state index contributed by atoms with van der Waals surface area (Å²) in [6.07, 6.45) is 3.12. The van der Waals surface area contributed by atoms with Crippen molar-refractivity contribution in [2.24, 2.45) is 0 Å². The van der Waals surface area contributed by atoms with Gasteiger partial charge in [0, 0.05) is 12.8 Å². The Kier molecular flexibility index (Phi) is 5.46. The summed E-state index contributed by atoms with van der Waals surface area (Å²) in [5.41, 5.74) is -0.389. The van der Waals surface area contributed by atoms with Crippen LogP contribution in [0.1, 0.15) is 40.0 Å². The molecular formula is C12H22NO3Si. The van der Waals surface area contributed by atoms with Crippen LogP contribution >= 0.6 is 0 Å². The minimum absolute atomic E-state index is 0.159. The molecule has 97 valence electrons. The fourth-order valence-corrected chi connectivity index (χ4v) is 1.93. The van der Waals surface area contributed by atoms with E-state index >= 15 is 0 Å². The van der Waals surface area contributed by atoms with Crippen molar-refractivity contribution in [3.05, 3.63) is 0 Å². The molecule has 1 atom stereocenters. The average molecular weight is 256 g/mol. The predicted octanol–water partition coefficient (Wildman–Crippen LogP) is 1.92. The molecule has 1 amide bonds. The summed E-state index contributed by atoms with van der Waals surface area (Å²) in [5, 5.41) is 0. The maximum atomic E-state index is 12.0. The number of hydrogen-bond acceptors (Lipinski definition) is 3. The van der Waals surface area contributed by atoms with Gasteiger partial charge in [0.2, 0.25) is 0 Å². The van der Waals surface area contributed by atoms with Crippen LogP contribution in [0.2, 0.25) is 0 Å². The molecule has 4 nitrogen and oxygen atoms in total. The van der Waals surface area contributed by atoms with E-state index in [1.165, 1.54) is 0 Å². The molecule has 17 heavy (non-hydrogen) atoms. The summed E-state index contributed by atoms with van der Waals surface area (Å²) in [5.74, 6) is 0. The number of likely N-dealkylation sites (tertiary alicyclic amines) is 1. The van der Waals surface area contributed by atoms with E-state index in [1.54, 1.807) is 4.90 Å². The molecule has 0 N–H and O–H groups in total. The van der Waals surface area contributed by atoms with E-state index in [9.17, 15) is 4.79 Å². The molecule has 0 saturated carbocycles. The maximum absolute atomic E-state index is 12.0. The first-order chi connectivity index (χ1) is 8.00. The Labute approximate surface area is 107 Å². The number of carbonyl (C=O) groups is 1. The highest BCUT2D eigenvalue weighted by molar-refractivity contribution is 6.08. The number of hydrogen-bond donors (Lipinski definition) is 0. The molecule has 1 fully saturated rings. The summed E-state index contributed by atoms with van der Waals surface area (Å²) >= 11 is 0. The first-order valence-corrected chi connectivity index (χ1v) is 6.93. The Morgan fingerprint density at radius 3 is 2.82 bits per heavy atom. The Morgan fingerprint density at radius 2 is 2.24 bits per heavy atom. The summed E-state index contributed by atoms with van der Waals surface area (Å²) in [4.78, 5) is 13.8. The minimum atomic E-state index is -0.389. The van der Waals surface area contributed by atoms with Crippen LogP contribution in [-0.4, -0.2) is 52.3 Å². The zero-order valence-electron chi connectivity index (χ0n) is 11.0. The molecule has 0 spiro atoms. The van der Waals surface area contributed by atoms with E-state index in [-0.39, 0.29) is 17.7 Å². The molecule has 1 aliphatic heterocycles. The molecule has 0 bridgehead atoms. The smallest absolute Gasteiger partial charge is 0.410 e. The topological polar surface area (TPSA) is 38.8 Å². The van der Waals surface area contributed by atoms with Crippen LogP contribution in [0.5, 0.6) is 0 Å². The third kappa shape index (κ3) is 4.31. The summed E-state index contributed by atoms with van der Waals surface area (Å²) in [7, 11) is 3.26. The molecule has 1 rings (SSSR count). The van der Waals surface area contributed by atoms with E-state index in [0.717, 1.165) is 25.8 Å². The Hall–Kier alpha value is -0.553. The molecule has 1 heterocycles. The van der Waals surface area contributed by atoms with Crippen LogP contribution in [0.3, 0.4) is 0 Å². The second kappa shape index (κ2) is 6.40. The quantitative estimate of drug-likeness (QED) is 0.705. The van der Waals surface area contributed by atoms with E-state index in [4.69, 9.17) is 9.47 Å². The third-order valence-corrected chi connectivity index (χ3v) is 3.44. The van der Waals surface area contributed by atoms with Crippen LogP contribution in [-0.2, 0) is 9.47 Å². The Bertz CT molecular complexity index is 258. The third-order valence-electron chi connectivity index (χ3n) is 3.24. The fraction of sp³-hybridized carbons (Fsp3) is 0.917. The van der Waals surface area contributed by atoms with E-state index in [2.05, 4.69) is 10.2 Å². The SMILES string of the molecule is CCC(C)(C)OC(=O)N1CCCC1COC[Si]. The maximum Gasteiger partial charge on any atom is 0.410 e. The van der Waals surface area contributed by atoms with Crippen molar-refractivity contribution in [3.63, 3.8) is 0 Å². The standard InChI is InChI=1S/C12H22NO3Si/c1-4-12(2,3)16-11(14)13-7-5-6-10(13)8-15-9-17/h10H,4-9H2,1-3H3. The van der Waals surface area contributed by atoms with Crippen LogP contribution in [0.15, 0.2) is 0 Å². The Balaban J connectivity index is 2.50. The highest BCUT2D eigenvalue weighted by Gasteiger charge is 2.32. The van der Waals surface area contributed by atoms with Gasteiger partial charge in [-0.1, -0.05) is 6.92 Å². The lowest BCUT2D eigenvalue weighted by Crippen LogP contribution is -2.42. The summed E-state index contributed by atoms with van der Waals surface area (Å²) < 4.78 is 10.8. The number of amides is 1. The number of nitrogens with zero attached hydrogens (tertiary/aromatic N) is 1. The van der Waals surface area contributed by atoms with Gasteiger partial charge in [0.05, 0.1) is 22.9 Å². The van der Waals surface area contributed by atoms with Crippen LogP contribution in [0.25, 0.3) is 0 Å². The van der Waals surface area contributed by atoms with Gasteiger partial charge in [0.15, 0.2) is 0 Å². The van der Waals surface area contributed by atoms with Gasteiger partial charge in [0.1, 0.15) is 5.60 Å². The van der Waals surface area contributed by atoms with Gasteiger partial charge >= 0.3 is 6.09 Å². The van der Waals surface area contributed by atoms with Gasteiger partial charge in [-0.3, -0.25) is 0 Å². The summed E-state index contributed by atoms with van der Waals surface area (Å²) in [6.45, 7) is 7.23. The van der Waals surface area contributed by atoms with Crippen LogP contribution in [0, 0.1) is 0 Å². The highest BCUT2D eigenvalue weighted by Crippen LogP contribution is 2.22. The van der Waals surface area contributed by atoms with Crippen molar-refractivity contribution in [2.45, 2.75) is 51.7 Å². The largest absolute Gasteiger partial charge is 0.443 e. The molecule has 0 aromatic rings. The van der Waals surface area contributed by atoms with Crippen LogP contribution in [0.4, 0.5) is 4.79 Å². The minimum Gasteiger partial charge on any atom is -0.443 e. The Morgan fingerprint density at radius 1 is 1.53 bits per heavy atom. The second-order valence-electron chi connectivity index (χ2n) is 4.99. The molecule has 3 radical (unpaired) electrons. The van der Waals surface area contributed by atoms with Crippen molar-refractivity contribution in [1.82, 2.24) is 4.90 Å². The van der Waals surface area contributed by atoms with Gasteiger partial charge in [-0.2, -0.15) is 0 Å². The zero-order valence-corrected chi connectivity index (χ0v) is 12.0. The van der Waals surface area contributed by atoms with E-state index in [1.807, 2.05) is 20.8 Å². The summed E-state index contributed by atoms with van der Waals surface area (Å²) in [6, 6.07) is 0.159. The zero-order chi connectivity index (χ0) is 12.9. The lowest BCUT2D eigenvalue weighted by atomic mass is 10.1.